The molecule has 2 heterocycles. The number of nitrogens with zero attached hydrogens (tertiary/aromatic N) is 1. The fraction of sp³-hybridized carbons (Fsp3) is 0.200. The summed E-state index contributed by atoms with van der Waals surface area (Å²) < 4.78 is 16.0. The second kappa shape index (κ2) is 9.03. The maximum absolute atomic E-state index is 13.2. The number of furan rings is 1. The van der Waals surface area contributed by atoms with Crippen LogP contribution >= 0.6 is 11.6 Å². The van der Waals surface area contributed by atoms with Gasteiger partial charge in [0.15, 0.2) is 0 Å². The highest BCUT2D eigenvalue weighted by Gasteiger charge is 2.47. The largest absolute Gasteiger partial charge is 0.507 e. The molecule has 170 valence electrons. The highest BCUT2D eigenvalue weighted by molar-refractivity contribution is 6.46. The molecular weight excluding hydrogens is 446 g/mol. The summed E-state index contributed by atoms with van der Waals surface area (Å²) in [6, 6.07) is 13.0. The second-order valence-corrected chi connectivity index (χ2v) is 7.96. The van der Waals surface area contributed by atoms with Crippen LogP contribution in [0.3, 0.4) is 0 Å². The number of hydrogen-bond donors (Lipinski definition) is 1. The molecule has 1 aliphatic heterocycles. The number of halogens is 1. The number of aliphatic hydroxyl groups excluding tert-OH is 1. The molecule has 0 aliphatic carbocycles. The van der Waals surface area contributed by atoms with Crippen molar-refractivity contribution >= 4 is 29.1 Å². The number of carbonyl (C=O) groups excluding carboxylic acids is 2. The van der Waals surface area contributed by atoms with Crippen LogP contribution in [0.1, 0.15) is 28.5 Å². The standard InChI is InChI=1S/C25H22ClNO6/c1-14-7-4-5-9-16(14)22-21(24(29)25(30)27(22)13-15-8-6-10-33-15)23(28)17-11-18(26)20(32-3)12-19(17)31-2/h4-12,22,28H,13H2,1-3H3/b23-21+. The molecule has 1 saturated heterocycles. The minimum atomic E-state index is -0.832. The maximum Gasteiger partial charge on any atom is 0.296 e. The van der Waals surface area contributed by atoms with Crippen LogP contribution in [0.5, 0.6) is 11.5 Å². The normalized spacial score (nSPS) is 17.5. The smallest absolute Gasteiger partial charge is 0.296 e. The van der Waals surface area contributed by atoms with E-state index in [0.717, 1.165) is 5.56 Å². The van der Waals surface area contributed by atoms with Gasteiger partial charge in [0, 0.05) is 6.07 Å². The number of carbonyl (C=O) groups is 2. The Morgan fingerprint density at radius 2 is 1.82 bits per heavy atom. The number of ketones is 1. The Labute approximate surface area is 195 Å². The number of hydrogen-bond acceptors (Lipinski definition) is 6. The first kappa shape index (κ1) is 22.5. The number of likely N-dealkylation sites (tertiary alicyclic amines) is 1. The first-order valence-electron chi connectivity index (χ1n) is 10.2. The average molecular weight is 468 g/mol. The molecular formula is C25H22ClNO6. The van der Waals surface area contributed by atoms with Crippen LogP contribution < -0.4 is 9.47 Å². The van der Waals surface area contributed by atoms with E-state index in [1.165, 1.54) is 37.5 Å². The fourth-order valence-electron chi connectivity index (χ4n) is 4.02. The topological polar surface area (TPSA) is 89.2 Å². The van der Waals surface area contributed by atoms with E-state index in [1.54, 1.807) is 12.1 Å². The van der Waals surface area contributed by atoms with Crippen LogP contribution in [0, 0.1) is 6.92 Å². The zero-order valence-electron chi connectivity index (χ0n) is 18.3. The molecule has 0 radical (unpaired) electrons. The molecule has 0 bridgehead atoms. The number of rotatable bonds is 6. The predicted octanol–water partition coefficient (Wildman–Crippen LogP) is 4.88. The molecule has 1 aromatic heterocycles. The summed E-state index contributed by atoms with van der Waals surface area (Å²) in [6.45, 7) is 1.95. The van der Waals surface area contributed by atoms with Crippen molar-refractivity contribution in [2.75, 3.05) is 14.2 Å². The van der Waals surface area contributed by atoms with Gasteiger partial charge in [-0.1, -0.05) is 35.9 Å². The van der Waals surface area contributed by atoms with Gasteiger partial charge in [-0.15, -0.1) is 0 Å². The second-order valence-electron chi connectivity index (χ2n) is 7.55. The monoisotopic (exact) mass is 467 g/mol. The molecule has 33 heavy (non-hydrogen) atoms. The molecule has 7 nitrogen and oxygen atoms in total. The van der Waals surface area contributed by atoms with Gasteiger partial charge in [-0.3, -0.25) is 9.59 Å². The van der Waals surface area contributed by atoms with Gasteiger partial charge >= 0.3 is 0 Å². The van der Waals surface area contributed by atoms with E-state index in [4.69, 9.17) is 25.5 Å². The van der Waals surface area contributed by atoms with Crippen molar-refractivity contribution in [2.45, 2.75) is 19.5 Å². The molecule has 3 aromatic rings. The van der Waals surface area contributed by atoms with Gasteiger partial charge < -0.3 is 23.9 Å². The van der Waals surface area contributed by atoms with Gasteiger partial charge in [-0.25, -0.2) is 0 Å². The fourth-order valence-corrected chi connectivity index (χ4v) is 4.26. The van der Waals surface area contributed by atoms with Crippen LogP contribution in [0.15, 0.2) is 64.8 Å². The van der Waals surface area contributed by atoms with E-state index in [-0.39, 0.29) is 34.2 Å². The Morgan fingerprint density at radius 1 is 1.09 bits per heavy atom. The summed E-state index contributed by atoms with van der Waals surface area (Å²) in [7, 11) is 2.88. The average Bonchev–Trinajstić information content (AvgIpc) is 3.41. The van der Waals surface area contributed by atoms with Crippen molar-refractivity contribution in [2.24, 2.45) is 0 Å². The maximum atomic E-state index is 13.2. The van der Waals surface area contributed by atoms with Crippen molar-refractivity contribution < 1.29 is 28.6 Å². The highest BCUT2D eigenvalue weighted by atomic mass is 35.5. The van der Waals surface area contributed by atoms with Crippen molar-refractivity contribution in [3.8, 4) is 11.5 Å². The Bertz CT molecular complexity index is 1250. The van der Waals surface area contributed by atoms with E-state index in [1.807, 2.05) is 31.2 Å². The van der Waals surface area contributed by atoms with Crippen LogP contribution in [-0.2, 0) is 16.1 Å². The van der Waals surface area contributed by atoms with E-state index in [2.05, 4.69) is 0 Å². The van der Waals surface area contributed by atoms with Crippen molar-refractivity contribution in [1.82, 2.24) is 4.90 Å². The first-order chi connectivity index (χ1) is 15.9. The van der Waals surface area contributed by atoms with Crippen LogP contribution in [0.4, 0.5) is 0 Å². The van der Waals surface area contributed by atoms with Gasteiger partial charge in [-0.2, -0.15) is 0 Å². The van der Waals surface area contributed by atoms with Gasteiger partial charge in [0.2, 0.25) is 0 Å². The third kappa shape index (κ3) is 3.96. The zero-order valence-corrected chi connectivity index (χ0v) is 19.1. The lowest BCUT2D eigenvalue weighted by Crippen LogP contribution is -2.29. The number of benzene rings is 2. The highest BCUT2D eigenvalue weighted by Crippen LogP contribution is 2.44. The zero-order chi connectivity index (χ0) is 23.7. The molecule has 1 unspecified atom stereocenters. The molecule has 1 atom stereocenters. The molecule has 0 spiro atoms. The number of methoxy groups -OCH3 is 2. The Balaban J connectivity index is 1.94. The van der Waals surface area contributed by atoms with E-state index < -0.39 is 17.7 Å². The molecule has 0 saturated carbocycles. The van der Waals surface area contributed by atoms with Crippen molar-refractivity contribution in [3.63, 3.8) is 0 Å². The minimum Gasteiger partial charge on any atom is -0.507 e. The molecule has 1 amide bonds. The summed E-state index contributed by atoms with van der Waals surface area (Å²) in [5, 5.41) is 11.6. The summed E-state index contributed by atoms with van der Waals surface area (Å²) in [5.41, 5.74) is 1.70. The van der Waals surface area contributed by atoms with Gasteiger partial charge in [0.25, 0.3) is 11.7 Å². The van der Waals surface area contributed by atoms with Crippen molar-refractivity contribution in [3.05, 3.63) is 87.8 Å². The number of amides is 1. The van der Waals surface area contributed by atoms with E-state index in [0.29, 0.717) is 17.1 Å². The SMILES string of the molecule is COc1cc(OC)c(/C(O)=C2\C(=O)C(=O)N(Cc3ccco3)C2c2ccccc2C)cc1Cl. The molecule has 1 N–H and O–H groups in total. The number of aryl methyl sites for hydroxylation is 1. The summed E-state index contributed by atoms with van der Waals surface area (Å²) >= 11 is 6.29. The Hall–Kier alpha value is -3.71. The van der Waals surface area contributed by atoms with Crippen LogP contribution in [-0.4, -0.2) is 35.9 Å². The van der Waals surface area contributed by atoms with Crippen LogP contribution in [0.2, 0.25) is 5.02 Å². The molecule has 2 aromatic carbocycles. The lowest BCUT2D eigenvalue weighted by Gasteiger charge is -2.26. The molecule has 8 heteroatoms. The number of Topliss-reactive ketones (excluding diaryl/α,β-unsaturated/α-hetero) is 1. The third-order valence-corrected chi connectivity index (χ3v) is 5.95. The number of ether oxygens (including phenoxy) is 2. The first-order valence-corrected chi connectivity index (χ1v) is 10.5. The lowest BCUT2D eigenvalue weighted by atomic mass is 9.92. The van der Waals surface area contributed by atoms with Gasteiger partial charge in [-0.05, 0) is 36.2 Å². The van der Waals surface area contributed by atoms with E-state index >= 15 is 0 Å². The Morgan fingerprint density at radius 3 is 2.45 bits per heavy atom. The Kier molecular flexibility index (Phi) is 6.16. The lowest BCUT2D eigenvalue weighted by molar-refractivity contribution is -0.140. The van der Waals surface area contributed by atoms with Gasteiger partial charge in [0.1, 0.15) is 23.0 Å². The summed E-state index contributed by atoms with van der Waals surface area (Å²) in [5.74, 6) is -0.820. The van der Waals surface area contributed by atoms with Crippen LogP contribution in [0.25, 0.3) is 5.76 Å². The number of aliphatic hydroxyl groups is 1. The quantitative estimate of drug-likeness (QED) is 0.316. The van der Waals surface area contributed by atoms with Crippen molar-refractivity contribution in [1.29, 1.82) is 0 Å². The summed E-state index contributed by atoms with van der Waals surface area (Å²) in [4.78, 5) is 27.7. The predicted molar refractivity (Wildman–Crippen MR) is 122 cm³/mol. The molecule has 1 fully saturated rings. The molecule has 1 aliphatic rings. The summed E-state index contributed by atoms with van der Waals surface area (Å²) in [6.07, 6.45) is 1.50. The minimum absolute atomic E-state index is 0.0552. The van der Waals surface area contributed by atoms with E-state index in [9.17, 15) is 14.7 Å². The van der Waals surface area contributed by atoms with Gasteiger partial charge in [0.05, 0.1) is 49.2 Å². The third-order valence-electron chi connectivity index (χ3n) is 5.66. The molecule has 4 rings (SSSR count).